The maximum atomic E-state index is 11.6. The molecule has 1 fully saturated rings. The monoisotopic (exact) mass is 262 g/mol. The second kappa shape index (κ2) is 7.26. The van der Waals surface area contributed by atoms with Gasteiger partial charge in [-0.3, -0.25) is 4.79 Å². The summed E-state index contributed by atoms with van der Waals surface area (Å²) in [5, 5.41) is 6.02. The molecule has 0 bridgehead atoms. The van der Waals surface area contributed by atoms with Crippen LogP contribution in [0.2, 0.25) is 0 Å². The van der Waals surface area contributed by atoms with Crippen molar-refractivity contribution in [3.05, 3.63) is 35.9 Å². The largest absolute Gasteiger partial charge is 0.368 e. The fourth-order valence-corrected chi connectivity index (χ4v) is 2.31. The Hall–Kier alpha value is -1.39. The van der Waals surface area contributed by atoms with Gasteiger partial charge in [-0.15, -0.1) is 0 Å². The van der Waals surface area contributed by atoms with E-state index in [0.29, 0.717) is 12.5 Å². The van der Waals surface area contributed by atoms with Crippen LogP contribution in [-0.4, -0.2) is 32.2 Å². The minimum atomic E-state index is -0.0408. The van der Waals surface area contributed by atoms with Gasteiger partial charge in [0.05, 0.1) is 6.10 Å². The van der Waals surface area contributed by atoms with Crippen LogP contribution >= 0.6 is 0 Å². The minimum Gasteiger partial charge on any atom is -0.368 e. The van der Waals surface area contributed by atoms with Crippen LogP contribution in [0.25, 0.3) is 0 Å². The summed E-state index contributed by atoms with van der Waals surface area (Å²) in [4.78, 5) is 11.6. The molecule has 0 aromatic heterocycles. The molecule has 0 radical (unpaired) electrons. The third-order valence-electron chi connectivity index (χ3n) is 3.47. The molecule has 0 spiro atoms. The number of nitrogens with one attached hydrogen (secondary N) is 2. The topological polar surface area (TPSA) is 50.4 Å². The van der Waals surface area contributed by atoms with Crippen LogP contribution in [0.5, 0.6) is 0 Å². The smallest absolute Gasteiger partial charge is 0.246 e. The van der Waals surface area contributed by atoms with Gasteiger partial charge in [-0.25, -0.2) is 0 Å². The highest BCUT2D eigenvalue weighted by atomic mass is 16.5. The van der Waals surface area contributed by atoms with E-state index < -0.39 is 0 Å². The molecule has 2 rings (SSSR count). The van der Waals surface area contributed by atoms with Crippen LogP contribution in [0.1, 0.15) is 18.4 Å². The first-order valence-corrected chi connectivity index (χ1v) is 6.84. The normalized spacial score (nSPS) is 21.7. The zero-order chi connectivity index (χ0) is 13.5. The number of hydrogen-bond acceptors (Lipinski definition) is 3. The van der Waals surface area contributed by atoms with Gasteiger partial charge in [0.15, 0.2) is 0 Å². The van der Waals surface area contributed by atoms with Crippen LogP contribution in [0.3, 0.4) is 0 Å². The molecule has 2 N–H and O–H groups in total. The predicted molar refractivity (Wildman–Crippen MR) is 74.7 cm³/mol. The Morgan fingerprint density at radius 1 is 1.32 bits per heavy atom. The molecule has 0 atom stereocenters. The maximum Gasteiger partial charge on any atom is 0.246 e. The zero-order valence-corrected chi connectivity index (χ0v) is 11.4. The van der Waals surface area contributed by atoms with E-state index in [1.165, 1.54) is 0 Å². The van der Waals surface area contributed by atoms with Gasteiger partial charge in [-0.1, -0.05) is 30.3 Å². The van der Waals surface area contributed by atoms with Crippen LogP contribution in [0.4, 0.5) is 0 Å². The lowest BCUT2D eigenvalue weighted by molar-refractivity contribution is -0.131. The van der Waals surface area contributed by atoms with Crippen molar-refractivity contribution in [1.29, 1.82) is 0 Å². The van der Waals surface area contributed by atoms with Crippen molar-refractivity contribution in [2.24, 2.45) is 5.92 Å². The van der Waals surface area contributed by atoms with E-state index in [1.807, 2.05) is 37.4 Å². The number of carbonyl (C=O) groups excluding carboxylic acids is 1. The molecular weight excluding hydrogens is 240 g/mol. The lowest BCUT2D eigenvalue weighted by Gasteiger charge is -2.34. The van der Waals surface area contributed by atoms with Gasteiger partial charge >= 0.3 is 0 Å². The van der Waals surface area contributed by atoms with E-state index in [0.717, 1.165) is 24.9 Å². The number of hydrogen-bond donors (Lipinski definition) is 2. The highest BCUT2D eigenvalue weighted by Gasteiger charge is 2.29. The molecule has 0 unspecified atom stereocenters. The molecule has 19 heavy (non-hydrogen) atoms. The van der Waals surface area contributed by atoms with Crippen molar-refractivity contribution in [3.8, 4) is 0 Å². The molecule has 0 saturated heterocycles. The van der Waals surface area contributed by atoms with Crippen LogP contribution in [0.15, 0.2) is 30.3 Å². The summed E-state index contributed by atoms with van der Waals surface area (Å²) in [6.07, 6.45) is 2.39. The first-order chi connectivity index (χ1) is 9.28. The first-order valence-electron chi connectivity index (χ1n) is 6.84. The van der Waals surface area contributed by atoms with Crippen molar-refractivity contribution in [2.75, 3.05) is 20.2 Å². The quantitative estimate of drug-likeness (QED) is 0.779. The number of amides is 1. The molecule has 1 aliphatic rings. The second-order valence-electron chi connectivity index (χ2n) is 5.09. The Morgan fingerprint density at radius 2 is 2.05 bits per heavy atom. The third kappa shape index (κ3) is 4.65. The van der Waals surface area contributed by atoms with Gasteiger partial charge < -0.3 is 15.4 Å². The first kappa shape index (κ1) is 14.0. The van der Waals surface area contributed by atoms with Gasteiger partial charge in [0.2, 0.25) is 5.91 Å². The molecule has 0 aliphatic heterocycles. The Labute approximate surface area is 114 Å². The average Bonchev–Trinajstić information content (AvgIpc) is 2.40. The van der Waals surface area contributed by atoms with E-state index in [1.54, 1.807) is 0 Å². The van der Waals surface area contributed by atoms with E-state index in [-0.39, 0.29) is 18.6 Å². The molecule has 0 heterocycles. The molecule has 4 heteroatoms. The van der Waals surface area contributed by atoms with Crippen molar-refractivity contribution >= 4 is 5.91 Å². The van der Waals surface area contributed by atoms with E-state index in [4.69, 9.17) is 4.74 Å². The summed E-state index contributed by atoms with van der Waals surface area (Å²) in [5.74, 6) is 0.670. The van der Waals surface area contributed by atoms with Crippen LogP contribution in [0, 0.1) is 5.92 Å². The van der Waals surface area contributed by atoms with Crippen molar-refractivity contribution in [1.82, 2.24) is 10.6 Å². The number of ether oxygens (including phenoxy) is 1. The highest BCUT2D eigenvalue weighted by molar-refractivity contribution is 5.77. The molecule has 1 saturated carbocycles. The van der Waals surface area contributed by atoms with E-state index >= 15 is 0 Å². The van der Waals surface area contributed by atoms with E-state index in [2.05, 4.69) is 10.6 Å². The maximum absolute atomic E-state index is 11.6. The second-order valence-corrected chi connectivity index (χ2v) is 5.09. The summed E-state index contributed by atoms with van der Waals surface area (Å²) >= 11 is 0. The Morgan fingerprint density at radius 3 is 2.74 bits per heavy atom. The molecule has 104 valence electrons. The molecule has 1 aromatic rings. The van der Waals surface area contributed by atoms with Crippen molar-refractivity contribution in [3.63, 3.8) is 0 Å². The molecule has 1 aliphatic carbocycles. The molecule has 4 nitrogen and oxygen atoms in total. The fourth-order valence-electron chi connectivity index (χ4n) is 2.31. The average molecular weight is 262 g/mol. The summed E-state index contributed by atoms with van der Waals surface area (Å²) in [6, 6.07) is 9.89. The summed E-state index contributed by atoms with van der Waals surface area (Å²) in [5.41, 5.74) is 1.11. The summed E-state index contributed by atoms with van der Waals surface area (Å²) < 4.78 is 5.56. The molecule has 1 amide bonds. The van der Waals surface area contributed by atoms with Crippen LogP contribution in [-0.2, 0) is 16.1 Å². The predicted octanol–water partition coefficient (Wildman–Crippen LogP) is 1.32. The highest BCUT2D eigenvalue weighted by Crippen LogP contribution is 2.29. The summed E-state index contributed by atoms with van der Waals surface area (Å²) in [7, 11) is 1.96. The molecular formula is C15H22N2O2. The minimum absolute atomic E-state index is 0.0408. The zero-order valence-electron chi connectivity index (χ0n) is 11.4. The molecule has 1 aromatic carbocycles. The van der Waals surface area contributed by atoms with Gasteiger partial charge in [-0.2, -0.15) is 0 Å². The number of carbonyl (C=O) groups is 1. The van der Waals surface area contributed by atoms with Gasteiger partial charge in [-0.05, 0) is 37.9 Å². The van der Waals surface area contributed by atoms with Gasteiger partial charge in [0.25, 0.3) is 0 Å². The lowest BCUT2D eigenvalue weighted by atomic mass is 9.82. The van der Waals surface area contributed by atoms with E-state index in [9.17, 15) is 4.79 Å². The fraction of sp³-hybridized carbons (Fsp3) is 0.533. The SMILES string of the molecule is CNCC1CC(OCC(=O)NCc2ccccc2)C1. The lowest BCUT2D eigenvalue weighted by Crippen LogP contribution is -2.39. The summed E-state index contributed by atoms with van der Waals surface area (Å²) in [6.45, 7) is 1.78. The van der Waals surface area contributed by atoms with Gasteiger partial charge in [0.1, 0.15) is 6.61 Å². The van der Waals surface area contributed by atoms with Crippen molar-refractivity contribution < 1.29 is 9.53 Å². The number of rotatable bonds is 7. The van der Waals surface area contributed by atoms with Crippen molar-refractivity contribution in [2.45, 2.75) is 25.5 Å². The standard InChI is InChI=1S/C15H22N2O2/c1-16-9-13-7-14(8-13)19-11-15(18)17-10-12-5-3-2-4-6-12/h2-6,13-14,16H,7-11H2,1H3,(H,17,18). The van der Waals surface area contributed by atoms with Gasteiger partial charge in [0, 0.05) is 6.54 Å². The Kier molecular flexibility index (Phi) is 5.36. The number of benzene rings is 1. The Balaban J connectivity index is 1.56. The third-order valence-corrected chi connectivity index (χ3v) is 3.47. The van der Waals surface area contributed by atoms with Crippen LogP contribution < -0.4 is 10.6 Å². The Bertz CT molecular complexity index is 388.